The second kappa shape index (κ2) is 8.98. The number of rotatable bonds is 6. The number of nitrogens with zero attached hydrogens (tertiary/aromatic N) is 1. The van der Waals surface area contributed by atoms with Crippen LogP contribution in [0.1, 0.15) is 39.5 Å². The zero-order chi connectivity index (χ0) is 14.2. The van der Waals surface area contributed by atoms with Crippen molar-refractivity contribution in [3.8, 4) is 0 Å². The van der Waals surface area contributed by atoms with Crippen LogP contribution >= 0.6 is 0 Å². The van der Waals surface area contributed by atoms with E-state index in [0.717, 1.165) is 38.8 Å². The van der Waals surface area contributed by atoms with Crippen molar-refractivity contribution in [1.82, 2.24) is 15.5 Å². The minimum absolute atomic E-state index is 0.676. The van der Waals surface area contributed by atoms with Crippen molar-refractivity contribution in [2.75, 3.05) is 45.9 Å². The van der Waals surface area contributed by atoms with Gasteiger partial charge in [0.15, 0.2) is 0 Å². The summed E-state index contributed by atoms with van der Waals surface area (Å²) in [5, 5.41) is 7.34. The molecule has 2 aliphatic heterocycles. The highest BCUT2D eigenvalue weighted by Gasteiger charge is 2.23. The summed E-state index contributed by atoms with van der Waals surface area (Å²) in [5.74, 6) is 0.764. The van der Waals surface area contributed by atoms with Gasteiger partial charge in [0.2, 0.25) is 0 Å². The van der Waals surface area contributed by atoms with Gasteiger partial charge in [0, 0.05) is 31.7 Å². The van der Waals surface area contributed by atoms with Crippen LogP contribution in [0.5, 0.6) is 0 Å². The summed E-state index contributed by atoms with van der Waals surface area (Å²) in [6.07, 6.45) is 5.20. The fourth-order valence-electron chi connectivity index (χ4n) is 3.37. The SMILES string of the molecule is CC(C)CC(CNC1CCCNCC1)N1CCOCC1. The van der Waals surface area contributed by atoms with Crippen LogP contribution in [0.25, 0.3) is 0 Å². The van der Waals surface area contributed by atoms with Crippen molar-refractivity contribution in [3.05, 3.63) is 0 Å². The van der Waals surface area contributed by atoms with E-state index in [-0.39, 0.29) is 0 Å². The van der Waals surface area contributed by atoms with Crippen molar-refractivity contribution in [3.63, 3.8) is 0 Å². The second-order valence-electron chi connectivity index (χ2n) is 6.72. The Morgan fingerprint density at radius 3 is 2.75 bits per heavy atom. The van der Waals surface area contributed by atoms with Gasteiger partial charge in [-0.25, -0.2) is 0 Å². The summed E-state index contributed by atoms with van der Waals surface area (Å²) in [6.45, 7) is 12.2. The largest absolute Gasteiger partial charge is 0.379 e. The summed E-state index contributed by atoms with van der Waals surface area (Å²) in [5.41, 5.74) is 0. The maximum atomic E-state index is 5.50. The lowest BCUT2D eigenvalue weighted by Crippen LogP contribution is -2.50. The predicted molar refractivity (Wildman–Crippen MR) is 84.1 cm³/mol. The molecule has 0 spiro atoms. The number of hydrogen-bond donors (Lipinski definition) is 2. The Labute approximate surface area is 124 Å². The highest BCUT2D eigenvalue weighted by Crippen LogP contribution is 2.14. The van der Waals surface area contributed by atoms with E-state index in [2.05, 4.69) is 29.4 Å². The molecular weight excluding hydrogens is 250 g/mol. The standard InChI is InChI=1S/C16H33N3O/c1-14(2)12-16(19-8-10-20-11-9-19)13-18-15-4-3-6-17-7-5-15/h14-18H,3-13H2,1-2H3. The van der Waals surface area contributed by atoms with Gasteiger partial charge in [0.05, 0.1) is 13.2 Å². The van der Waals surface area contributed by atoms with Gasteiger partial charge in [-0.15, -0.1) is 0 Å². The normalized spacial score (nSPS) is 27.4. The average Bonchev–Trinajstić information content (AvgIpc) is 2.72. The Balaban J connectivity index is 1.79. The molecular formula is C16H33N3O. The first-order chi connectivity index (χ1) is 9.75. The Morgan fingerprint density at radius 2 is 2.00 bits per heavy atom. The quantitative estimate of drug-likeness (QED) is 0.774. The van der Waals surface area contributed by atoms with E-state index in [0.29, 0.717) is 12.1 Å². The van der Waals surface area contributed by atoms with E-state index in [4.69, 9.17) is 4.74 Å². The fourth-order valence-corrected chi connectivity index (χ4v) is 3.37. The average molecular weight is 283 g/mol. The summed E-state index contributed by atoms with van der Waals surface area (Å²) >= 11 is 0. The van der Waals surface area contributed by atoms with Crippen molar-refractivity contribution >= 4 is 0 Å². The molecule has 2 N–H and O–H groups in total. The van der Waals surface area contributed by atoms with E-state index in [1.165, 1.54) is 38.8 Å². The Kier molecular flexibility index (Phi) is 7.28. The summed E-state index contributed by atoms with van der Waals surface area (Å²) < 4.78 is 5.50. The first-order valence-corrected chi connectivity index (χ1v) is 8.51. The molecule has 4 heteroatoms. The highest BCUT2D eigenvalue weighted by molar-refractivity contribution is 4.80. The zero-order valence-corrected chi connectivity index (χ0v) is 13.4. The summed E-state index contributed by atoms with van der Waals surface area (Å²) in [4.78, 5) is 2.63. The van der Waals surface area contributed by atoms with Crippen molar-refractivity contribution < 1.29 is 4.74 Å². The van der Waals surface area contributed by atoms with E-state index >= 15 is 0 Å². The van der Waals surface area contributed by atoms with Crippen LogP contribution in [0, 0.1) is 5.92 Å². The molecule has 0 radical (unpaired) electrons. The Morgan fingerprint density at radius 1 is 1.20 bits per heavy atom. The minimum Gasteiger partial charge on any atom is -0.379 e. The number of nitrogens with one attached hydrogen (secondary N) is 2. The molecule has 2 unspecified atom stereocenters. The molecule has 0 amide bonds. The third kappa shape index (κ3) is 5.68. The van der Waals surface area contributed by atoms with Crippen LogP contribution in [0.2, 0.25) is 0 Å². The highest BCUT2D eigenvalue weighted by atomic mass is 16.5. The molecule has 0 aliphatic carbocycles. The third-order valence-electron chi connectivity index (χ3n) is 4.52. The molecule has 4 nitrogen and oxygen atoms in total. The van der Waals surface area contributed by atoms with Gasteiger partial charge in [0.1, 0.15) is 0 Å². The molecule has 118 valence electrons. The van der Waals surface area contributed by atoms with Crippen LogP contribution in [0.4, 0.5) is 0 Å². The second-order valence-corrected chi connectivity index (χ2v) is 6.72. The van der Waals surface area contributed by atoms with Crippen LogP contribution in [0.15, 0.2) is 0 Å². The minimum atomic E-state index is 0.676. The summed E-state index contributed by atoms with van der Waals surface area (Å²) in [6, 6.07) is 1.39. The Bertz CT molecular complexity index is 246. The zero-order valence-electron chi connectivity index (χ0n) is 13.4. The number of hydrogen-bond acceptors (Lipinski definition) is 4. The molecule has 2 rings (SSSR count). The molecule has 2 fully saturated rings. The molecule has 0 saturated carbocycles. The topological polar surface area (TPSA) is 36.5 Å². The van der Waals surface area contributed by atoms with Crippen molar-refractivity contribution in [2.45, 2.75) is 51.6 Å². The molecule has 2 aliphatic rings. The molecule has 0 aromatic carbocycles. The van der Waals surface area contributed by atoms with Gasteiger partial charge in [0.25, 0.3) is 0 Å². The van der Waals surface area contributed by atoms with E-state index in [9.17, 15) is 0 Å². The number of morpholine rings is 1. The van der Waals surface area contributed by atoms with Gasteiger partial charge >= 0.3 is 0 Å². The van der Waals surface area contributed by atoms with Gasteiger partial charge in [-0.1, -0.05) is 13.8 Å². The molecule has 0 aromatic heterocycles. The lowest BCUT2D eigenvalue weighted by Gasteiger charge is -2.36. The van der Waals surface area contributed by atoms with Gasteiger partial charge in [-0.2, -0.15) is 0 Å². The maximum absolute atomic E-state index is 5.50. The first-order valence-electron chi connectivity index (χ1n) is 8.51. The van der Waals surface area contributed by atoms with E-state index in [1.54, 1.807) is 0 Å². The van der Waals surface area contributed by atoms with Crippen LogP contribution in [-0.4, -0.2) is 62.9 Å². The molecule has 2 saturated heterocycles. The lowest BCUT2D eigenvalue weighted by atomic mass is 10.0. The molecule has 2 atom stereocenters. The predicted octanol–water partition coefficient (Wildman–Crippen LogP) is 1.47. The molecule has 2 heterocycles. The van der Waals surface area contributed by atoms with Crippen LogP contribution in [0.3, 0.4) is 0 Å². The lowest BCUT2D eigenvalue weighted by molar-refractivity contribution is 0.0117. The van der Waals surface area contributed by atoms with Gasteiger partial charge in [-0.3, -0.25) is 4.90 Å². The Hall–Kier alpha value is -0.160. The van der Waals surface area contributed by atoms with E-state index < -0.39 is 0 Å². The monoisotopic (exact) mass is 283 g/mol. The van der Waals surface area contributed by atoms with Crippen molar-refractivity contribution in [2.24, 2.45) is 5.92 Å². The third-order valence-corrected chi connectivity index (χ3v) is 4.52. The fraction of sp³-hybridized carbons (Fsp3) is 1.00. The molecule has 0 bridgehead atoms. The van der Waals surface area contributed by atoms with Crippen LogP contribution < -0.4 is 10.6 Å². The van der Waals surface area contributed by atoms with Crippen molar-refractivity contribution in [1.29, 1.82) is 0 Å². The molecule has 0 aromatic rings. The van der Waals surface area contributed by atoms with Gasteiger partial charge < -0.3 is 15.4 Å². The van der Waals surface area contributed by atoms with Gasteiger partial charge in [-0.05, 0) is 44.7 Å². The maximum Gasteiger partial charge on any atom is 0.0594 e. The summed E-state index contributed by atoms with van der Waals surface area (Å²) in [7, 11) is 0. The van der Waals surface area contributed by atoms with E-state index in [1.807, 2.05) is 0 Å². The number of ether oxygens (including phenoxy) is 1. The molecule has 20 heavy (non-hydrogen) atoms. The first kappa shape index (κ1) is 16.2. The smallest absolute Gasteiger partial charge is 0.0594 e. The van der Waals surface area contributed by atoms with Crippen LogP contribution in [-0.2, 0) is 4.74 Å².